The van der Waals surface area contributed by atoms with Crippen LogP contribution < -0.4 is 5.32 Å². The van der Waals surface area contributed by atoms with E-state index >= 15 is 0 Å². The van der Waals surface area contributed by atoms with Crippen LogP contribution >= 0.6 is 0 Å². The molecule has 0 fully saturated rings. The van der Waals surface area contributed by atoms with Gasteiger partial charge in [0.25, 0.3) is 0 Å². The first kappa shape index (κ1) is 18.9. The van der Waals surface area contributed by atoms with Gasteiger partial charge in [-0.25, -0.2) is 17.9 Å². The van der Waals surface area contributed by atoms with Crippen molar-refractivity contribution in [2.45, 2.75) is 31.3 Å². The maximum Gasteiger partial charge on any atom is 0.412 e. The van der Waals surface area contributed by atoms with Gasteiger partial charge in [-0.3, -0.25) is 5.32 Å². The van der Waals surface area contributed by atoms with Gasteiger partial charge < -0.3 is 4.74 Å². The summed E-state index contributed by atoms with van der Waals surface area (Å²) in [7, 11) is -3.30. The highest BCUT2D eigenvalue weighted by Crippen LogP contribution is 2.22. The van der Waals surface area contributed by atoms with Crippen molar-refractivity contribution in [2.24, 2.45) is 0 Å². The number of benzene rings is 2. The minimum atomic E-state index is -3.30. The summed E-state index contributed by atoms with van der Waals surface area (Å²) in [5.74, 6) is 0. The predicted octanol–water partition coefficient (Wildman–Crippen LogP) is 3.78. The van der Waals surface area contributed by atoms with E-state index in [1.807, 2.05) is 6.07 Å². The van der Waals surface area contributed by atoms with Crippen LogP contribution in [0.2, 0.25) is 0 Å². The Balaban J connectivity index is 1.90. The zero-order valence-electron chi connectivity index (χ0n) is 15.6. The minimum Gasteiger partial charge on any atom is -0.444 e. The molecule has 1 heterocycles. The van der Waals surface area contributed by atoms with Crippen molar-refractivity contribution in [2.75, 3.05) is 11.6 Å². The largest absolute Gasteiger partial charge is 0.444 e. The summed E-state index contributed by atoms with van der Waals surface area (Å²) in [6, 6.07) is 11.9. The van der Waals surface area contributed by atoms with Gasteiger partial charge in [0.2, 0.25) is 0 Å². The number of anilines is 1. The molecule has 0 aliphatic rings. The van der Waals surface area contributed by atoms with E-state index in [9.17, 15) is 13.2 Å². The molecule has 3 rings (SSSR count). The molecule has 3 aromatic rings. The molecule has 0 aliphatic carbocycles. The molecule has 2 aromatic carbocycles. The lowest BCUT2D eigenvalue weighted by Gasteiger charge is -2.19. The van der Waals surface area contributed by atoms with Gasteiger partial charge in [0.1, 0.15) is 5.60 Å². The number of hydrogen-bond donors (Lipinski definition) is 1. The number of sulfone groups is 1. The van der Waals surface area contributed by atoms with Crippen molar-refractivity contribution in [1.29, 1.82) is 0 Å². The van der Waals surface area contributed by atoms with Crippen LogP contribution in [0.15, 0.2) is 53.6 Å². The van der Waals surface area contributed by atoms with E-state index in [2.05, 4.69) is 10.4 Å². The Labute approximate surface area is 157 Å². The fraction of sp³-hybridized carbons (Fsp3) is 0.263. The smallest absolute Gasteiger partial charge is 0.412 e. The third-order valence-corrected chi connectivity index (χ3v) is 4.77. The summed E-state index contributed by atoms with van der Waals surface area (Å²) >= 11 is 0. The van der Waals surface area contributed by atoms with Gasteiger partial charge >= 0.3 is 6.09 Å². The molecule has 0 aliphatic heterocycles. The third-order valence-electron chi connectivity index (χ3n) is 3.66. The minimum absolute atomic E-state index is 0.229. The molecule has 1 amide bonds. The lowest BCUT2D eigenvalue weighted by atomic mass is 10.2. The Kier molecular flexibility index (Phi) is 4.69. The van der Waals surface area contributed by atoms with Gasteiger partial charge in [-0.2, -0.15) is 5.10 Å². The average molecular weight is 387 g/mol. The number of amides is 1. The van der Waals surface area contributed by atoms with Crippen LogP contribution in [0.4, 0.5) is 10.5 Å². The van der Waals surface area contributed by atoms with E-state index in [0.29, 0.717) is 16.9 Å². The summed E-state index contributed by atoms with van der Waals surface area (Å²) in [5, 5.41) is 8.01. The summed E-state index contributed by atoms with van der Waals surface area (Å²) in [6.45, 7) is 5.38. The monoisotopic (exact) mass is 387 g/mol. The molecule has 1 N–H and O–H groups in total. The zero-order chi connectivity index (χ0) is 19.8. The first-order valence-corrected chi connectivity index (χ1v) is 10.2. The Bertz CT molecular complexity index is 1110. The fourth-order valence-corrected chi connectivity index (χ4v) is 3.16. The van der Waals surface area contributed by atoms with Crippen LogP contribution in [0.5, 0.6) is 0 Å². The second-order valence-corrected chi connectivity index (χ2v) is 9.26. The van der Waals surface area contributed by atoms with E-state index in [0.717, 1.165) is 5.39 Å². The highest BCUT2D eigenvalue weighted by molar-refractivity contribution is 7.90. The molecule has 8 heteroatoms. The highest BCUT2D eigenvalue weighted by Gasteiger charge is 2.16. The van der Waals surface area contributed by atoms with Crippen molar-refractivity contribution in [3.8, 4) is 5.69 Å². The van der Waals surface area contributed by atoms with Crippen molar-refractivity contribution in [1.82, 2.24) is 9.78 Å². The fourth-order valence-electron chi connectivity index (χ4n) is 2.50. The molecule has 0 spiro atoms. The van der Waals surface area contributed by atoms with E-state index in [1.54, 1.807) is 68.0 Å². The maximum atomic E-state index is 11.9. The van der Waals surface area contributed by atoms with Crippen LogP contribution in [-0.4, -0.2) is 36.1 Å². The van der Waals surface area contributed by atoms with Crippen molar-refractivity contribution >= 4 is 32.5 Å². The molecule has 0 saturated carbocycles. The number of hydrogen-bond acceptors (Lipinski definition) is 5. The normalized spacial score (nSPS) is 12.1. The third kappa shape index (κ3) is 4.65. The number of fused-ring (bicyclic) bond motifs is 1. The summed E-state index contributed by atoms with van der Waals surface area (Å²) in [5.41, 5.74) is 1.27. The standard InChI is InChI=1S/C19H21N3O4S/c1-19(2,3)26-18(23)20-14-9-8-13-12-22(21-17(13)10-14)15-6-5-7-16(11-15)27(4,24)25/h5-12H,1-4H3,(H,20,23). The topological polar surface area (TPSA) is 90.3 Å². The Hall–Kier alpha value is -2.87. The average Bonchev–Trinajstić information content (AvgIpc) is 2.95. The van der Waals surface area contributed by atoms with Gasteiger partial charge in [-0.05, 0) is 57.2 Å². The van der Waals surface area contributed by atoms with Crippen LogP contribution in [-0.2, 0) is 14.6 Å². The van der Waals surface area contributed by atoms with Crippen molar-refractivity contribution in [3.63, 3.8) is 0 Å². The lowest BCUT2D eigenvalue weighted by Crippen LogP contribution is -2.27. The molecule has 0 saturated heterocycles. The number of nitrogens with one attached hydrogen (secondary N) is 1. The van der Waals surface area contributed by atoms with E-state index in [-0.39, 0.29) is 4.90 Å². The second kappa shape index (κ2) is 6.70. The lowest BCUT2D eigenvalue weighted by molar-refractivity contribution is 0.0636. The predicted molar refractivity (Wildman–Crippen MR) is 104 cm³/mol. The number of aromatic nitrogens is 2. The highest BCUT2D eigenvalue weighted by atomic mass is 32.2. The SMILES string of the molecule is CC(C)(C)OC(=O)Nc1ccc2cn(-c3cccc(S(C)(=O)=O)c3)nc2c1. The molecule has 142 valence electrons. The summed E-state index contributed by atoms with van der Waals surface area (Å²) in [6.07, 6.45) is 2.43. The Morgan fingerprint density at radius 2 is 1.89 bits per heavy atom. The van der Waals surface area contributed by atoms with Gasteiger partial charge in [-0.15, -0.1) is 0 Å². The first-order valence-electron chi connectivity index (χ1n) is 8.31. The quantitative estimate of drug-likeness (QED) is 0.739. The van der Waals surface area contributed by atoms with Crippen LogP contribution in [0.3, 0.4) is 0 Å². The van der Waals surface area contributed by atoms with Gasteiger partial charge in [0.05, 0.1) is 16.1 Å². The molecular formula is C19H21N3O4S. The van der Waals surface area contributed by atoms with Gasteiger partial charge in [0, 0.05) is 23.5 Å². The Morgan fingerprint density at radius 3 is 2.56 bits per heavy atom. The zero-order valence-corrected chi connectivity index (χ0v) is 16.4. The van der Waals surface area contributed by atoms with Gasteiger partial charge in [0.15, 0.2) is 9.84 Å². The molecule has 0 bridgehead atoms. The summed E-state index contributed by atoms with van der Waals surface area (Å²) in [4.78, 5) is 12.1. The second-order valence-electron chi connectivity index (χ2n) is 7.24. The molecule has 27 heavy (non-hydrogen) atoms. The van der Waals surface area contributed by atoms with Crippen LogP contribution in [0, 0.1) is 0 Å². The Morgan fingerprint density at radius 1 is 1.15 bits per heavy atom. The number of carbonyl (C=O) groups is 1. The molecule has 0 atom stereocenters. The summed E-state index contributed by atoms with van der Waals surface area (Å²) < 4.78 is 30.4. The van der Waals surface area contributed by atoms with E-state index in [1.165, 1.54) is 6.26 Å². The maximum absolute atomic E-state index is 11.9. The van der Waals surface area contributed by atoms with Gasteiger partial charge in [-0.1, -0.05) is 6.07 Å². The molecule has 0 radical (unpaired) electrons. The number of carbonyl (C=O) groups excluding carboxylic acids is 1. The number of nitrogens with zero attached hydrogens (tertiary/aromatic N) is 2. The van der Waals surface area contributed by atoms with E-state index < -0.39 is 21.5 Å². The van der Waals surface area contributed by atoms with Crippen molar-refractivity contribution < 1.29 is 17.9 Å². The molecule has 0 unspecified atom stereocenters. The molecule has 7 nitrogen and oxygen atoms in total. The first-order chi connectivity index (χ1) is 12.5. The molecular weight excluding hydrogens is 366 g/mol. The van der Waals surface area contributed by atoms with Crippen LogP contribution in [0.1, 0.15) is 20.8 Å². The number of ether oxygens (including phenoxy) is 1. The van der Waals surface area contributed by atoms with E-state index in [4.69, 9.17) is 4.74 Å². The number of rotatable bonds is 3. The van der Waals surface area contributed by atoms with Crippen molar-refractivity contribution in [3.05, 3.63) is 48.7 Å². The molecule has 1 aromatic heterocycles. The van der Waals surface area contributed by atoms with Crippen LogP contribution in [0.25, 0.3) is 16.6 Å².